The lowest BCUT2D eigenvalue weighted by Crippen LogP contribution is -2.41. The Bertz CT molecular complexity index is 1120. The van der Waals surface area contributed by atoms with Crippen LogP contribution in [0.3, 0.4) is 0 Å². The summed E-state index contributed by atoms with van der Waals surface area (Å²) in [6, 6.07) is 6.94. The predicted molar refractivity (Wildman–Crippen MR) is 99.8 cm³/mol. The molecule has 2 heterocycles. The molecule has 1 aromatic carbocycles. The molecule has 0 spiro atoms. The molecule has 12 heteroatoms. The van der Waals surface area contributed by atoms with Crippen LogP contribution in [0.1, 0.15) is 11.8 Å². The monoisotopic (exact) mass is 425 g/mol. The SMILES string of the molecule is Cc1ccc(S(=O)(=O)[C@H]2[C@@H](C[N+](=O)[O-])[C@H](n3ccc(=O)[nH]c3=O)O[C@@H]2CO)cc1. The molecule has 0 radical (unpaired) electrons. The Morgan fingerprint density at radius 1 is 1.24 bits per heavy atom. The van der Waals surface area contributed by atoms with Crippen molar-refractivity contribution in [3.05, 3.63) is 73.0 Å². The third kappa shape index (κ3) is 3.99. The standard InChI is InChI=1S/C17H19N3O8S/c1-10-2-4-11(5-3-10)29(26,27)15-12(8-20(24)25)16(28-13(15)9-21)19-7-6-14(22)18-17(19)23/h2-7,12-13,15-16,21H,8-9H2,1H3,(H,18,22,23)/t12-,13-,15+,16-/m1/s1. The van der Waals surface area contributed by atoms with Crippen molar-refractivity contribution < 1.29 is 23.2 Å². The van der Waals surface area contributed by atoms with Gasteiger partial charge in [-0.1, -0.05) is 17.7 Å². The zero-order valence-electron chi connectivity index (χ0n) is 15.3. The molecule has 1 fully saturated rings. The first-order valence-electron chi connectivity index (χ1n) is 8.65. The van der Waals surface area contributed by atoms with Gasteiger partial charge in [0.1, 0.15) is 17.6 Å². The number of aromatic amines is 1. The summed E-state index contributed by atoms with van der Waals surface area (Å²) in [7, 11) is -4.15. The molecule has 0 saturated carbocycles. The van der Waals surface area contributed by atoms with Gasteiger partial charge in [-0.15, -0.1) is 0 Å². The third-order valence-electron chi connectivity index (χ3n) is 4.84. The van der Waals surface area contributed by atoms with Gasteiger partial charge in [0.2, 0.25) is 6.54 Å². The van der Waals surface area contributed by atoms with Crippen LogP contribution in [-0.4, -0.2) is 52.5 Å². The molecule has 29 heavy (non-hydrogen) atoms. The lowest BCUT2D eigenvalue weighted by Gasteiger charge is -2.21. The highest BCUT2D eigenvalue weighted by atomic mass is 32.2. The largest absolute Gasteiger partial charge is 0.394 e. The van der Waals surface area contributed by atoms with E-state index < -0.39 is 62.7 Å². The molecule has 2 aromatic rings. The van der Waals surface area contributed by atoms with Crippen molar-refractivity contribution in [1.82, 2.24) is 9.55 Å². The molecule has 1 aliphatic heterocycles. The Labute approximate surface area is 164 Å². The van der Waals surface area contributed by atoms with Gasteiger partial charge in [0.25, 0.3) is 5.56 Å². The average Bonchev–Trinajstić information content (AvgIpc) is 3.00. The number of aliphatic hydroxyl groups is 1. The molecule has 4 atom stereocenters. The number of ether oxygens (including phenoxy) is 1. The normalized spacial score (nSPS) is 24.5. The fraction of sp³-hybridized carbons (Fsp3) is 0.412. The van der Waals surface area contributed by atoms with E-state index in [1.165, 1.54) is 12.1 Å². The predicted octanol–water partition coefficient (Wildman–Crippen LogP) is -0.530. The number of nitrogens with zero attached hydrogens (tertiary/aromatic N) is 2. The van der Waals surface area contributed by atoms with Crippen molar-refractivity contribution in [3.8, 4) is 0 Å². The summed E-state index contributed by atoms with van der Waals surface area (Å²) in [5.74, 6) is -1.28. The number of H-pyrrole nitrogens is 1. The first kappa shape index (κ1) is 20.9. The van der Waals surface area contributed by atoms with E-state index in [1.54, 1.807) is 19.1 Å². The van der Waals surface area contributed by atoms with E-state index in [0.29, 0.717) is 0 Å². The van der Waals surface area contributed by atoms with Crippen molar-refractivity contribution in [2.45, 2.75) is 29.4 Å². The first-order chi connectivity index (χ1) is 13.6. The molecule has 3 rings (SSSR count). The zero-order chi connectivity index (χ0) is 21.3. The van der Waals surface area contributed by atoms with Crippen molar-refractivity contribution >= 4 is 9.84 Å². The topological polar surface area (TPSA) is 162 Å². The van der Waals surface area contributed by atoms with Crippen LogP contribution < -0.4 is 11.2 Å². The van der Waals surface area contributed by atoms with Crippen molar-refractivity contribution in [3.63, 3.8) is 0 Å². The molecule has 1 saturated heterocycles. The number of hydrogen-bond acceptors (Lipinski definition) is 8. The van der Waals surface area contributed by atoms with E-state index in [9.17, 15) is 33.2 Å². The average molecular weight is 425 g/mol. The summed E-state index contributed by atoms with van der Waals surface area (Å²) in [6.45, 7) is 0.237. The summed E-state index contributed by atoms with van der Waals surface area (Å²) in [5, 5.41) is 19.5. The second kappa shape index (κ2) is 7.89. The highest BCUT2D eigenvalue weighted by Crippen LogP contribution is 2.40. The molecule has 11 nitrogen and oxygen atoms in total. The summed E-state index contributed by atoms with van der Waals surface area (Å²) in [4.78, 5) is 36.0. The highest BCUT2D eigenvalue weighted by Gasteiger charge is 2.54. The lowest BCUT2D eigenvalue weighted by molar-refractivity contribution is -0.490. The first-order valence-corrected chi connectivity index (χ1v) is 10.2. The highest BCUT2D eigenvalue weighted by molar-refractivity contribution is 7.92. The van der Waals surface area contributed by atoms with Crippen LogP contribution in [0.25, 0.3) is 0 Å². The zero-order valence-corrected chi connectivity index (χ0v) is 16.1. The fourth-order valence-electron chi connectivity index (χ4n) is 3.52. The maximum Gasteiger partial charge on any atom is 0.330 e. The van der Waals surface area contributed by atoms with E-state index in [-0.39, 0.29) is 4.90 Å². The number of sulfone groups is 1. The van der Waals surface area contributed by atoms with Crippen LogP contribution >= 0.6 is 0 Å². The Balaban J connectivity index is 2.13. The van der Waals surface area contributed by atoms with Crippen molar-refractivity contribution in [2.75, 3.05) is 13.2 Å². The van der Waals surface area contributed by atoms with Gasteiger partial charge < -0.3 is 9.84 Å². The minimum Gasteiger partial charge on any atom is -0.394 e. The number of benzene rings is 1. The molecule has 0 unspecified atom stereocenters. The number of rotatable bonds is 6. The molecular formula is C17H19N3O8S. The Hall–Kier alpha value is -2.83. The van der Waals surface area contributed by atoms with E-state index in [1.807, 2.05) is 4.98 Å². The number of aliphatic hydroxyl groups excluding tert-OH is 1. The smallest absolute Gasteiger partial charge is 0.330 e. The van der Waals surface area contributed by atoms with Gasteiger partial charge in [-0.05, 0) is 19.1 Å². The molecule has 2 N–H and O–H groups in total. The second-order valence-electron chi connectivity index (χ2n) is 6.77. The van der Waals surface area contributed by atoms with E-state index >= 15 is 0 Å². The number of aromatic nitrogens is 2. The molecule has 0 aliphatic carbocycles. The fourth-order valence-corrected chi connectivity index (χ4v) is 5.58. The Kier molecular flexibility index (Phi) is 5.68. The summed E-state index contributed by atoms with van der Waals surface area (Å²) in [5.41, 5.74) is -0.761. The third-order valence-corrected chi connectivity index (χ3v) is 7.14. The molecule has 1 aromatic heterocycles. The van der Waals surface area contributed by atoms with Gasteiger partial charge in [0.05, 0.1) is 17.4 Å². The summed E-state index contributed by atoms with van der Waals surface area (Å²) in [6.07, 6.45) is -1.57. The van der Waals surface area contributed by atoms with E-state index in [2.05, 4.69) is 0 Å². The van der Waals surface area contributed by atoms with Crippen molar-refractivity contribution in [2.24, 2.45) is 5.92 Å². The molecular weight excluding hydrogens is 406 g/mol. The summed E-state index contributed by atoms with van der Waals surface area (Å²) >= 11 is 0. The van der Waals surface area contributed by atoms with Crippen LogP contribution in [0.5, 0.6) is 0 Å². The van der Waals surface area contributed by atoms with E-state index in [0.717, 1.165) is 22.4 Å². The maximum absolute atomic E-state index is 13.3. The number of aryl methyl sites for hydroxylation is 1. The maximum atomic E-state index is 13.3. The van der Waals surface area contributed by atoms with Gasteiger partial charge in [-0.25, -0.2) is 13.2 Å². The minimum atomic E-state index is -4.15. The van der Waals surface area contributed by atoms with Gasteiger partial charge in [-0.2, -0.15) is 0 Å². The van der Waals surface area contributed by atoms with Gasteiger partial charge in [0.15, 0.2) is 9.84 Å². The van der Waals surface area contributed by atoms with Gasteiger partial charge in [0, 0.05) is 17.2 Å². The molecule has 0 bridgehead atoms. The number of nitrogens with one attached hydrogen (secondary N) is 1. The molecule has 0 amide bonds. The number of hydrogen-bond donors (Lipinski definition) is 2. The van der Waals surface area contributed by atoms with Crippen LogP contribution in [0, 0.1) is 23.0 Å². The molecule has 1 aliphatic rings. The quantitative estimate of drug-likeness (QED) is 0.461. The number of nitro groups is 1. The van der Waals surface area contributed by atoms with Crippen LogP contribution in [0.4, 0.5) is 0 Å². The van der Waals surface area contributed by atoms with Crippen LogP contribution in [0.2, 0.25) is 0 Å². The molecule has 156 valence electrons. The Morgan fingerprint density at radius 2 is 1.90 bits per heavy atom. The van der Waals surface area contributed by atoms with Gasteiger partial charge in [-0.3, -0.25) is 24.5 Å². The van der Waals surface area contributed by atoms with Crippen LogP contribution in [-0.2, 0) is 14.6 Å². The Morgan fingerprint density at radius 3 is 2.45 bits per heavy atom. The lowest BCUT2D eigenvalue weighted by atomic mass is 10.0. The van der Waals surface area contributed by atoms with Crippen LogP contribution in [0.15, 0.2) is 51.0 Å². The van der Waals surface area contributed by atoms with E-state index in [4.69, 9.17) is 4.74 Å². The summed E-state index contributed by atoms with van der Waals surface area (Å²) < 4.78 is 33.0. The second-order valence-corrected chi connectivity index (χ2v) is 8.87. The van der Waals surface area contributed by atoms with Gasteiger partial charge >= 0.3 is 5.69 Å². The minimum absolute atomic E-state index is 0.0713. The van der Waals surface area contributed by atoms with Crippen molar-refractivity contribution in [1.29, 1.82) is 0 Å².